The minimum atomic E-state index is -0.0189. The van der Waals surface area contributed by atoms with Crippen molar-refractivity contribution in [3.8, 4) is 0 Å². The molecule has 4 nitrogen and oxygen atoms in total. The molecule has 1 aromatic rings. The van der Waals surface area contributed by atoms with Gasteiger partial charge in [0.15, 0.2) is 0 Å². The van der Waals surface area contributed by atoms with Crippen LogP contribution in [0.4, 0.5) is 5.00 Å². The molecule has 1 unspecified atom stereocenters. The van der Waals surface area contributed by atoms with Crippen molar-refractivity contribution in [2.45, 2.75) is 52.0 Å². The highest BCUT2D eigenvalue weighted by Gasteiger charge is 2.32. The molecule has 2 fully saturated rings. The van der Waals surface area contributed by atoms with E-state index in [0.29, 0.717) is 10.3 Å². The summed E-state index contributed by atoms with van der Waals surface area (Å²) in [5.41, 5.74) is 0.330. The van der Waals surface area contributed by atoms with Crippen LogP contribution >= 0.6 is 11.3 Å². The molecule has 2 aliphatic rings. The van der Waals surface area contributed by atoms with Crippen molar-refractivity contribution in [3.05, 3.63) is 17.0 Å². The molecule has 2 N–H and O–H groups in total. The number of anilines is 1. The first-order valence-corrected chi connectivity index (χ1v) is 8.46. The molecule has 0 bridgehead atoms. The number of carbonyl (C=O) groups is 2. The third kappa shape index (κ3) is 3.64. The lowest BCUT2D eigenvalue weighted by atomic mass is 9.92. The van der Waals surface area contributed by atoms with Gasteiger partial charge in [0, 0.05) is 12.0 Å². The number of hydrogen-bond acceptors (Lipinski definition) is 3. The lowest BCUT2D eigenvalue weighted by Gasteiger charge is -2.17. The monoisotopic (exact) mass is 306 g/mol. The van der Waals surface area contributed by atoms with E-state index in [2.05, 4.69) is 24.5 Å². The molecular formula is C16H22N2O2S. The van der Waals surface area contributed by atoms with E-state index in [1.165, 1.54) is 11.3 Å². The van der Waals surface area contributed by atoms with Gasteiger partial charge in [-0.25, -0.2) is 0 Å². The largest absolute Gasteiger partial charge is 0.349 e. The van der Waals surface area contributed by atoms with Crippen LogP contribution in [0.3, 0.4) is 0 Å². The summed E-state index contributed by atoms with van der Waals surface area (Å²) in [5.74, 6) is 0.251. The van der Waals surface area contributed by atoms with Gasteiger partial charge in [-0.3, -0.25) is 9.59 Å². The maximum atomic E-state index is 12.2. The third-order valence-corrected chi connectivity index (χ3v) is 5.33. The molecule has 1 aromatic heterocycles. The Bertz CT molecular complexity index is 560. The van der Waals surface area contributed by atoms with E-state index in [1.807, 2.05) is 6.07 Å². The first-order valence-electron chi connectivity index (χ1n) is 7.64. The normalized spacial score (nSPS) is 23.8. The zero-order valence-electron chi connectivity index (χ0n) is 12.6. The Hall–Kier alpha value is -1.36. The fourth-order valence-electron chi connectivity index (χ4n) is 2.91. The summed E-state index contributed by atoms with van der Waals surface area (Å²) in [4.78, 5) is 24.6. The van der Waals surface area contributed by atoms with Crippen LogP contribution < -0.4 is 10.6 Å². The van der Waals surface area contributed by atoms with Crippen LogP contribution in [0.5, 0.6) is 0 Å². The Kier molecular flexibility index (Phi) is 3.78. The number of carbonyl (C=O) groups excluding carboxylic acids is 2. The highest BCUT2D eigenvalue weighted by Crippen LogP contribution is 2.37. The Morgan fingerprint density at radius 2 is 2.00 bits per heavy atom. The number of nitrogens with one attached hydrogen (secondary N) is 2. The fourth-order valence-corrected chi connectivity index (χ4v) is 3.72. The predicted molar refractivity (Wildman–Crippen MR) is 84.6 cm³/mol. The first kappa shape index (κ1) is 14.6. The minimum absolute atomic E-state index is 0.0189. The van der Waals surface area contributed by atoms with Crippen LogP contribution in [-0.4, -0.2) is 17.9 Å². The molecule has 0 radical (unpaired) electrons. The van der Waals surface area contributed by atoms with Crippen molar-refractivity contribution in [2.75, 3.05) is 5.32 Å². The van der Waals surface area contributed by atoms with Gasteiger partial charge in [0.05, 0.1) is 9.88 Å². The second-order valence-electron chi connectivity index (χ2n) is 7.00. The molecule has 0 saturated heterocycles. The fraction of sp³-hybridized carbons (Fsp3) is 0.625. The van der Waals surface area contributed by atoms with Crippen LogP contribution in [0, 0.1) is 11.3 Å². The molecule has 0 aromatic carbocycles. The molecular weight excluding hydrogens is 284 g/mol. The second-order valence-corrected chi connectivity index (χ2v) is 8.09. The highest BCUT2D eigenvalue weighted by molar-refractivity contribution is 7.18. The zero-order chi connectivity index (χ0) is 15.0. The van der Waals surface area contributed by atoms with E-state index in [-0.39, 0.29) is 23.8 Å². The van der Waals surface area contributed by atoms with E-state index < -0.39 is 0 Å². The number of thiophene rings is 1. The minimum Gasteiger partial charge on any atom is -0.349 e. The Balaban J connectivity index is 1.55. The molecule has 2 amide bonds. The van der Waals surface area contributed by atoms with Crippen LogP contribution in [0.1, 0.15) is 55.6 Å². The van der Waals surface area contributed by atoms with Crippen molar-refractivity contribution in [1.29, 1.82) is 0 Å². The maximum Gasteiger partial charge on any atom is 0.261 e. The Morgan fingerprint density at radius 3 is 2.62 bits per heavy atom. The summed E-state index contributed by atoms with van der Waals surface area (Å²) in [6.07, 6.45) is 5.22. The van der Waals surface area contributed by atoms with Crippen molar-refractivity contribution in [2.24, 2.45) is 11.3 Å². The zero-order valence-corrected chi connectivity index (χ0v) is 13.4. The maximum absolute atomic E-state index is 12.2. The van der Waals surface area contributed by atoms with E-state index in [4.69, 9.17) is 0 Å². The Morgan fingerprint density at radius 1 is 1.24 bits per heavy atom. The van der Waals surface area contributed by atoms with Gasteiger partial charge in [-0.05, 0) is 49.7 Å². The summed E-state index contributed by atoms with van der Waals surface area (Å²) >= 11 is 1.35. The van der Waals surface area contributed by atoms with Crippen molar-refractivity contribution < 1.29 is 9.59 Å². The van der Waals surface area contributed by atoms with Gasteiger partial charge in [0.25, 0.3) is 5.91 Å². The Labute approximate surface area is 129 Å². The molecule has 1 heterocycles. The van der Waals surface area contributed by atoms with Crippen LogP contribution in [0.25, 0.3) is 0 Å². The summed E-state index contributed by atoms with van der Waals surface area (Å²) in [5, 5.41) is 6.76. The molecule has 2 saturated carbocycles. The third-order valence-electron chi connectivity index (χ3n) is 4.33. The smallest absolute Gasteiger partial charge is 0.261 e. The van der Waals surface area contributed by atoms with Gasteiger partial charge in [0.1, 0.15) is 0 Å². The highest BCUT2D eigenvalue weighted by atomic mass is 32.1. The second kappa shape index (κ2) is 5.44. The summed E-state index contributed by atoms with van der Waals surface area (Å²) < 4.78 is 0. The SMILES string of the molecule is CC1(C)CCC(NC(=O)c2ccc(NC(=O)C3CC3)s2)C1. The lowest BCUT2D eigenvalue weighted by molar-refractivity contribution is -0.117. The predicted octanol–water partition coefficient (Wildman–Crippen LogP) is 3.41. The molecule has 114 valence electrons. The van der Waals surface area contributed by atoms with Gasteiger partial charge in [-0.2, -0.15) is 0 Å². The van der Waals surface area contributed by atoms with Crippen molar-refractivity contribution in [1.82, 2.24) is 5.32 Å². The molecule has 5 heteroatoms. The van der Waals surface area contributed by atoms with Crippen LogP contribution in [-0.2, 0) is 4.79 Å². The van der Waals surface area contributed by atoms with Gasteiger partial charge in [-0.1, -0.05) is 13.8 Å². The standard InChI is InChI=1S/C16H22N2O2S/c1-16(2)8-7-11(9-16)17-15(20)12-5-6-13(21-12)18-14(19)10-3-4-10/h5-6,10-11H,3-4,7-9H2,1-2H3,(H,17,20)(H,18,19). The van der Waals surface area contributed by atoms with Gasteiger partial charge in [0.2, 0.25) is 5.91 Å². The van der Waals surface area contributed by atoms with Crippen molar-refractivity contribution >= 4 is 28.2 Å². The molecule has 3 rings (SSSR count). The number of rotatable bonds is 4. The average molecular weight is 306 g/mol. The van der Waals surface area contributed by atoms with Crippen LogP contribution in [0.2, 0.25) is 0 Å². The first-order chi connectivity index (χ1) is 9.93. The molecule has 21 heavy (non-hydrogen) atoms. The van der Waals surface area contributed by atoms with Crippen LogP contribution in [0.15, 0.2) is 12.1 Å². The molecule has 2 aliphatic carbocycles. The van der Waals surface area contributed by atoms with E-state index >= 15 is 0 Å². The average Bonchev–Trinajstić information content (AvgIpc) is 3.07. The molecule has 0 aliphatic heterocycles. The van der Waals surface area contributed by atoms with E-state index in [1.54, 1.807) is 6.07 Å². The number of hydrogen-bond donors (Lipinski definition) is 2. The topological polar surface area (TPSA) is 58.2 Å². The van der Waals surface area contributed by atoms with Gasteiger partial charge >= 0.3 is 0 Å². The number of amides is 2. The molecule has 0 spiro atoms. The summed E-state index contributed by atoms with van der Waals surface area (Å²) in [7, 11) is 0. The quantitative estimate of drug-likeness (QED) is 0.895. The van der Waals surface area contributed by atoms with Crippen molar-refractivity contribution in [3.63, 3.8) is 0 Å². The summed E-state index contributed by atoms with van der Waals surface area (Å²) in [6, 6.07) is 3.89. The van der Waals surface area contributed by atoms with E-state index in [0.717, 1.165) is 37.1 Å². The van der Waals surface area contributed by atoms with E-state index in [9.17, 15) is 9.59 Å². The molecule has 1 atom stereocenters. The summed E-state index contributed by atoms with van der Waals surface area (Å²) in [6.45, 7) is 4.49. The van der Waals surface area contributed by atoms with Gasteiger partial charge < -0.3 is 10.6 Å². The lowest BCUT2D eigenvalue weighted by Crippen LogP contribution is -2.32. The van der Waals surface area contributed by atoms with Gasteiger partial charge in [-0.15, -0.1) is 11.3 Å².